The second kappa shape index (κ2) is 8.97. The van der Waals surface area contributed by atoms with Gasteiger partial charge in [-0.15, -0.1) is 0 Å². The molecule has 0 aliphatic carbocycles. The quantitative estimate of drug-likeness (QED) is 0.667. The number of rotatable bonds is 10. The molecule has 0 radical (unpaired) electrons. The van der Waals surface area contributed by atoms with Crippen molar-refractivity contribution in [1.29, 1.82) is 0 Å². The predicted octanol–water partition coefficient (Wildman–Crippen LogP) is 2.09. The number of anilines is 1. The molecule has 5 heteroatoms. The van der Waals surface area contributed by atoms with Crippen LogP contribution in [0, 0.1) is 6.92 Å². The Morgan fingerprint density at radius 1 is 1.35 bits per heavy atom. The molecule has 1 aromatic rings. The van der Waals surface area contributed by atoms with E-state index < -0.39 is 0 Å². The minimum atomic E-state index is 0.737. The van der Waals surface area contributed by atoms with E-state index in [4.69, 9.17) is 4.74 Å². The number of nitrogens with one attached hydrogen (secondary N) is 1. The van der Waals surface area contributed by atoms with Crippen molar-refractivity contribution in [1.82, 2.24) is 15.1 Å². The van der Waals surface area contributed by atoms with Gasteiger partial charge in [0.1, 0.15) is 5.82 Å². The third kappa shape index (κ3) is 4.80. The normalized spacial score (nSPS) is 11.1. The van der Waals surface area contributed by atoms with Gasteiger partial charge in [-0.1, -0.05) is 19.8 Å². The standard InChI is InChI=1S/C15H30N4O/c1-6-7-8-10-18(3)15-14(12-16-9-11-20-5)13(2)17-19(15)4/h16H,6-12H2,1-5H3. The maximum atomic E-state index is 5.06. The Hall–Kier alpha value is -1.07. The van der Waals surface area contributed by atoms with E-state index in [1.54, 1.807) is 7.11 Å². The second-order valence-corrected chi connectivity index (χ2v) is 5.31. The zero-order valence-corrected chi connectivity index (χ0v) is 13.7. The van der Waals surface area contributed by atoms with Gasteiger partial charge < -0.3 is 15.0 Å². The summed E-state index contributed by atoms with van der Waals surface area (Å²) in [6, 6.07) is 0. The van der Waals surface area contributed by atoms with Gasteiger partial charge in [0.2, 0.25) is 0 Å². The number of ether oxygens (including phenoxy) is 1. The lowest BCUT2D eigenvalue weighted by atomic mass is 10.2. The maximum Gasteiger partial charge on any atom is 0.131 e. The van der Waals surface area contributed by atoms with E-state index in [1.807, 2.05) is 11.7 Å². The second-order valence-electron chi connectivity index (χ2n) is 5.31. The van der Waals surface area contributed by atoms with Gasteiger partial charge in [-0.25, -0.2) is 0 Å². The highest BCUT2D eigenvalue weighted by molar-refractivity contribution is 5.49. The minimum absolute atomic E-state index is 0.737. The van der Waals surface area contributed by atoms with Gasteiger partial charge in [0.25, 0.3) is 0 Å². The summed E-state index contributed by atoms with van der Waals surface area (Å²) >= 11 is 0. The molecule has 0 spiro atoms. The average molecular weight is 282 g/mol. The van der Waals surface area contributed by atoms with E-state index in [-0.39, 0.29) is 0 Å². The molecule has 1 N–H and O–H groups in total. The number of methoxy groups -OCH3 is 1. The molecule has 1 rings (SSSR count). The molecule has 1 aromatic heterocycles. The third-order valence-corrected chi connectivity index (χ3v) is 3.56. The van der Waals surface area contributed by atoms with Crippen LogP contribution in [0.2, 0.25) is 0 Å². The van der Waals surface area contributed by atoms with Gasteiger partial charge in [-0.3, -0.25) is 4.68 Å². The Kier molecular flexibility index (Phi) is 7.62. The summed E-state index contributed by atoms with van der Waals surface area (Å²) in [5, 5.41) is 7.98. The van der Waals surface area contributed by atoms with Crippen molar-refractivity contribution in [2.24, 2.45) is 7.05 Å². The summed E-state index contributed by atoms with van der Waals surface area (Å²) in [6.45, 7) is 7.84. The lowest BCUT2D eigenvalue weighted by Gasteiger charge is -2.21. The van der Waals surface area contributed by atoms with E-state index in [0.29, 0.717) is 0 Å². The van der Waals surface area contributed by atoms with Crippen molar-refractivity contribution in [2.75, 3.05) is 38.8 Å². The topological polar surface area (TPSA) is 42.3 Å². The van der Waals surface area contributed by atoms with Crippen molar-refractivity contribution in [3.05, 3.63) is 11.3 Å². The number of unbranched alkanes of at least 4 members (excludes halogenated alkanes) is 2. The first kappa shape index (κ1) is 17.0. The third-order valence-electron chi connectivity index (χ3n) is 3.56. The van der Waals surface area contributed by atoms with Crippen LogP contribution in [0.25, 0.3) is 0 Å². The summed E-state index contributed by atoms with van der Waals surface area (Å²) in [7, 11) is 5.91. The Morgan fingerprint density at radius 2 is 2.10 bits per heavy atom. The molecular formula is C15H30N4O. The number of nitrogens with zero attached hydrogens (tertiary/aromatic N) is 3. The first-order chi connectivity index (χ1) is 9.61. The highest BCUT2D eigenvalue weighted by Crippen LogP contribution is 2.22. The van der Waals surface area contributed by atoms with Crippen LogP contribution in [-0.4, -0.2) is 43.6 Å². The molecule has 116 valence electrons. The van der Waals surface area contributed by atoms with E-state index in [9.17, 15) is 0 Å². The number of hydrogen-bond acceptors (Lipinski definition) is 4. The van der Waals surface area contributed by atoms with Crippen LogP contribution in [0.4, 0.5) is 5.82 Å². The van der Waals surface area contributed by atoms with E-state index >= 15 is 0 Å². The molecule has 0 bridgehead atoms. The van der Waals surface area contributed by atoms with Crippen LogP contribution in [0.3, 0.4) is 0 Å². The SMILES string of the molecule is CCCCCN(C)c1c(CNCCOC)c(C)nn1C. The molecule has 0 fully saturated rings. The summed E-state index contributed by atoms with van der Waals surface area (Å²) in [5.41, 5.74) is 2.40. The molecule has 20 heavy (non-hydrogen) atoms. The van der Waals surface area contributed by atoms with Crippen molar-refractivity contribution < 1.29 is 4.74 Å². The summed E-state index contributed by atoms with van der Waals surface area (Å²) in [4.78, 5) is 2.32. The van der Waals surface area contributed by atoms with Crippen molar-refractivity contribution >= 4 is 5.82 Å². The molecular weight excluding hydrogens is 252 g/mol. The molecule has 0 unspecified atom stereocenters. The Bertz CT molecular complexity index is 389. The fourth-order valence-electron chi connectivity index (χ4n) is 2.47. The smallest absolute Gasteiger partial charge is 0.131 e. The molecule has 1 heterocycles. The maximum absolute atomic E-state index is 5.06. The Labute approximate surface area is 123 Å². The van der Waals surface area contributed by atoms with E-state index in [1.165, 1.54) is 30.6 Å². The monoisotopic (exact) mass is 282 g/mol. The summed E-state index contributed by atoms with van der Waals surface area (Å²) < 4.78 is 7.06. The van der Waals surface area contributed by atoms with Gasteiger partial charge in [-0.2, -0.15) is 5.10 Å². The summed E-state index contributed by atoms with van der Waals surface area (Å²) in [5.74, 6) is 1.23. The van der Waals surface area contributed by atoms with Crippen LogP contribution < -0.4 is 10.2 Å². The van der Waals surface area contributed by atoms with E-state index in [2.05, 4.69) is 36.2 Å². The van der Waals surface area contributed by atoms with Crippen molar-refractivity contribution in [2.45, 2.75) is 39.7 Å². The zero-order chi connectivity index (χ0) is 15.0. The van der Waals surface area contributed by atoms with Gasteiger partial charge in [0.15, 0.2) is 0 Å². The number of hydrogen-bond donors (Lipinski definition) is 1. The lowest BCUT2D eigenvalue weighted by molar-refractivity contribution is 0.199. The Balaban J connectivity index is 2.67. The van der Waals surface area contributed by atoms with Crippen LogP contribution in [-0.2, 0) is 18.3 Å². The molecule has 0 amide bonds. The molecule has 0 saturated carbocycles. The van der Waals surface area contributed by atoms with Crippen LogP contribution >= 0.6 is 0 Å². The fourth-order valence-corrected chi connectivity index (χ4v) is 2.47. The summed E-state index contributed by atoms with van der Waals surface area (Å²) in [6.07, 6.45) is 3.76. The minimum Gasteiger partial charge on any atom is -0.383 e. The molecule has 5 nitrogen and oxygen atoms in total. The predicted molar refractivity (Wildman–Crippen MR) is 84.3 cm³/mol. The molecule has 0 atom stereocenters. The van der Waals surface area contributed by atoms with Crippen LogP contribution in [0.5, 0.6) is 0 Å². The fraction of sp³-hybridized carbons (Fsp3) is 0.800. The van der Waals surface area contributed by atoms with Crippen molar-refractivity contribution in [3.8, 4) is 0 Å². The van der Waals surface area contributed by atoms with Gasteiger partial charge in [-0.05, 0) is 13.3 Å². The van der Waals surface area contributed by atoms with Crippen molar-refractivity contribution in [3.63, 3.8) is 0 Å². The molecule has 0 aliphatic heterocycles. The van der Waals surface area contributed by atoms with Gasteiger partial charge in [0.05, 0.1) is 12.3 Å². The lowest BCUT2D eigenvalue weighted by Crippen LogP contribution is -2.25. The first-order valence-electron chi connectivity index (χ1n) is 7.55. The largest absolute Gasteiger partial charge is 0.383 e. The Morgan fingerprint density at radius 3 is 2.75 bits per heavy atom. The highest BCUT2D eigenvalue weighted by atomic mass is 16.5. The van der Waals surface area contributed by atoms with Crippen LogP contribution in [0.1, 0.15) is 37.4 Å². The van der Waals surface area contributed by atoms with E-state index in [0.717, 1.165) is 31.9 Å². The highest BCUT2D eigenvalue weighted by Gasteiger charge is 2.16. The zero-order valence-electron chi connectivity index (χ0n) is 13.7. The molecule has 0 aliphatic rings. The molecule has 0 aromatic carbocycles. The molecule has 0 saturated heterocycles. The van der Waals surface area contributed by atoms with Gasteiger partial charge in [0, 0.05) is 46.4 Å². The number of aromatic nitrogens is 2. The van der Waals surface area contributed by atoms with Gasteiger partial charge >= 0.3 is 0 Å². The number of aryl methyl sites for hydroxylation is 2. The average Bonchev–Trinajstić information content (AvgIpc) is 2.69. The van der Waals surface area contributed by atoms with Crippen LogP contribution in [0.15, 0.2) is 0 Å². The first-order valence-corrected chi connectivity index (χ1v) is 7.55.